The third kappa shape index (κ3) is 3.89. The fourth-order valence-corrected chi connectivity index (χ4v) is 2.85. The van der Waals surface area contributed by atoms with Gasteiger partial charge in [0.25, 0.3) is 0 Å². The molecule has 92 valence electrons. The van der Waals surface area contributed by atoms with E-state index in [1.165, 1.54) is 49.7 Å². The Kier molecular flexibility index (Phi) is 5.12. The zero-order chi connectivity index (χ0) is 11.9. The first-order chi connectivity index (χ1) is 8.38. The summed E-state index contributed by atoms with van der Waals surface area (Å²) in [6.07, 6.45) is 10.2. The molecular formula is C16H21Cl. The second-order valence-corrected chi connectivity index (χ2v) is 5.33. The van der Waals surface area contributed by atoms with Gasteiger partial charge in [-0.3, -0.25) is 0 Å². The fourth-order valence-electron chi connectivity index (χ4n) is 2.52. The van der Waals surface area contributed by atoms with Crippen molar-refractivity contribution in [3.05, 3.63) is 40.9 Å². The van der Waals surface area contributed by atoms with Crippen molar-refractivity contribution in [2.24, 2.45) is 0 Å². The highest BCUT2D eigenvalue weighted by Crippen LogP contribution is 2.31. The quantitative estimate of drug-likeness (QED) is 0.592. The molecule has 1 heteroatoms. The maximum atomic E-state index is 6.50. The van der Waals surface area contributed by atoms with E-state index in [2.05, 4.69) is 30.3 Å². The highest BCUT2D eigenvalue weighted by atomic mass is 35.5. The van der Waals surface area contributed by atoms with Gasteiger partial charge in [0, 0.05) is 5.03 Å². The Morgan fingerprint density at radius 1 is 0.706 bits per heavy atom. The lowest BCUT2D eigenvalue weighted by atomic mass is 9.95. The summed E-state index contributed by atoms with van der Waals surface area (Å²) >= 11 is 6.50. The van der Waals surface area contributed by atoms with E-state index in [1.807, 2.05) is 0 Å². The first-order valence-corrected chi connectivity index (χ1v) is 7.18. The molecule has 0 aromatic heterocycles. The van der Waals surface area contributed by atoms with Crippen LogP contribution >= 0.6 is 11.6 Å². The molecular weight excluding hydrogens is 228 g/mol. The minimum Gasteiger partial charge on any atom is -0.0888 e. The van der Waals surface area contributed by atoms with Crippen LogP contribution in [0.5, 0.6) is 0 Å². The minimum absolute atomic E-state index is 1.06. The molecule has 0 saturated heterocycles. The van der Waals surface area contributed by atoms with Crippen LogP contribution in [0.25, 0.3) is 5.57 Å². The predicted octanol–water partition coefficient (Wildman–Crippen LogP) is 5.77. The van der Waals surface area contributed by atoms with Gasteiger partial charge in [-0.2, -0.15) is 0 Å². The molecule has 1 aliphatic rings. The number of allylic oxidation sites excluding steroid dienone is 2. The smallest absolute Gasteiger partial charge is 0.0218 e. The topological polar surface area (TPSA) is 0 Å². The van der Waals surface area contributed by atoms with Crippen molar-refractivity contribution < 1.29 is 0 Å². The Labute approximate surface area is 110 Å². The standard InChI is InChI=1S/C16H21Cl/c17-16-13-9-4-2-1-3-8-12-15(16)14-10-6-5-7-11-14/h5-7,10-11H,1-4,8-9,12-13H2/b16-15-. The lowest BCUT2D eigenvalue weighted by Crippen LogP contribution is -1.92. The number of halogens is 1. The Bertz CT molecular complexity index is 364. The molecule has 0 amide bonds. The molecule has 0 N–H and O–H groups in total. The summed E-state index contributed by atoms with van der Waals surface area (Å²) in [6, 6.07) is 10.6. The summed E-state index contributed by atoms with van der Waals surface area (Å²) in [5.41, 5.74) is 2.70. The van der Waals surface area contributed by atoms with Crippen LogP contribution < -0.4 is 0 Å². The monoisotopic (exact) mass is 248 g/mol. The van der Waals surface area contributed by atoms with Crippen LogP contribution in [0.2, 0.25) is 0 Å². The molecule has 0 saturated carbocycles. The molecule has 1 aliphatic carbocycles. The Hall–Kier alpha value is -0.750. The van der Waals surface area contributed by atoms with Gasteiger partial charge in [0.15, 0.2) is 0 Å². The van der Waals surface area contributed by atoms with E-state index in [0.717, 1.165) is 17.9 Å². The summed E-state index contributed by atoms with van der Waals surface area (Å²) in [5.74, 6) is 0. The third-order valence-corrected chi connectivity index (χ3v) is 3.94. The van der Waals surface area contributed by atoms with Gasteiger partial charge in [-0.05, 0) is 36.8 Å². The van der Waals surface area contributed by atoms with Crippen molar-refractivity contribution >= 4 is 17.2 Å². The summed E-state index contributed by atoms with van der Waals surface area (Å²) in [5, 5.41) is 1.10. The molecule has 0 bridgehead atoms. The molecule has 17 heavy (non-hydrogen) atoms. The summed E-state index contributed by atoms with van der Waals surface area (Å²) in [7, 11) is 0. The molecule has 0 heterocycles. The molecule has 2 rings (SSSR count). The van der Waals surface area contributed by atoms with Gasteiger partial charge in [-0.15, -0.1) is 0 Å². The molecule has 0 nitrogen and oxygen atoms in total. The molecule has 0 unspecified atom stereocenters. The van der Waals surface area contributed by atoms with E-state index < -0.39 is 0 Å². The molecule has 1 aromatic carbocycles. The van der Waals surface area contributed by atoms with Gasteiger partial charge in [0.2, 0.25) is 0 Å². The lowest BCUT2D eigenvalue weighted by molar-refractivity contribution is 0.593. The fraction of sp³-hybridized carbons (Fsp3) is 0.500. The van der Waals surface area contributed by atoms with Gasteiger partial charge >= 0.3 is 0 Å². The Morgan fingerprint density at radius 2 is 1.29 bits per heavy atom. The van der Waals surface area contributed by atoms with Crippen LogP contribution in [0.15, 0.2) is 35.4 Å². The highest BCUT2D eigenvalue weighted by Gasteiger charge is 2.09. The molecule has 1 aromatic rings. The zero-order valence-electron chi connectivity index (χ0n) is 10.4. The molecule has 0 spiro atoms. The Balaban J connectivity index is 2.19. The highest BCUT2D eigenvalue weighted by molar-refractivity contribution is 6.32. The summed E-state index contributed by atoms with van der Waals surface area (Å²) < 4.78 is 0. The molecule has 0 aliphatic heterocycles. The summed E-state index contributed by atoms with van der Waals surface area (Å²) in [4.78, 5) is 0. The second-order valence-electron chi connectivity index (χ2n) is 4.87. The number of hydrogen-bond donors (Lipinski definition) is 0. The maximum absolute atomic E-state index is 6.50. The van der Waals surface area contributed by atoms with E-state index in [9.17, 15) is 0 Å². The van der Waals surface area contributed by atoms with E-state index >= 15 is 0 Å². The van der Waals surface area contributed by atoms with Crippen molar-refractivity contribution in [2.75, 3.05) is 0 Å². The van der Waals surface area contributed by atoms with E-state index in [-0.39, 0.29) is 0 Å². The average Bonchev–Trinajstić information content (AvgIpc) is 2.38. The van der Waals surface area contributed by atoms with E-state index in [4.69, 9.17) is 11.6 Å². The normalized spacial score (nSPS) is 23.4. The van der Waals surface area contributed by atoms with Gasteiger partial charge in [-0.1, -0.05) is 67.6 Å². The number of rotatable bonds is 1. The first-order valence-electron chi connectivity index (χ1n) is 6.81. The molecule has 0 atom stereocenters. The van der Waals surface area contributed by atoms with Crippen LogP contribution in [0.3, 0.4) is 0 Å². The van der Waals surface area contributed by atoms with Crippen LogP contribution in [-0.4, -0.2) is 0 Å². The van der Waals surface area contributed by atoms with Gasteiger partial charge < -0.3 is 0 Å². The van der Waals surface area contributed by atoms with Gasteiger partial charge in [0.1, 0.15) is 0 Å². The number of benzene rings is 1. The van der Waals surface area contributed by atoms with Crippen LogP contribution in [0.4, 0.5) is 0 Å². The van der Waals surface area contributed by atoms with Crippen LogP contribution in [0.1, 0.15) is 56.9 Å². The summed E-state index contributed by atoms with van der Waals surface area (Å²) in [6.45, 7) is 0. The third-order valence-electron chi connectivity index (χ3n) is 3.52. The minimum atomic E-state index is 1.06. The second kappa shape index (κ2) is 6.86. The zero-order valence-corrected chi connectivity index (χ0v) is 11.2. The van der Waals surface area contributed by atoms with Gasteiger partial charge in [0.05, 0.1) is 0 Å². The van der Waals surface area contributed by atoms with Crippen LogP contribution in [0, 0.1) is 0 Å². The van der Waals surface area contributed by atoms with Crippen molar-refractivity contribution in [2.45, 2.75) is 51.4 Å². The van der Waals surface area contributed by atoms with Gasteiger partial charge in [-0.25, -0.2) is 0 Å². The SMILES string of the molecule is Cl/C1=C(\c2ccccc2)CCCCCCCC1. The molecule has 0 radical (unpaired) electrons. The van der Waals surface area contributed by atoms with Crippen molar-refractivity contribution in [1.82, 2.24) is 0 Å². The number of hydrogen-bond acceptors (Lipinski definition) is 0. The average molecular weight is 249 g/mol. The van der Waals surface area contributed by atoms with E-state index in [1.54, 1.807) is 0 Å². The van der Waals surface area contributed by atoms with E-state index in [0.29, 0.717) is 0 Å². The van der Waals surface area contributed by atoms with Crippen molar-refractivity contribution in [3.8, 4) is 0 Å². The van der Waals surface area contributed by atoms with Crippen molar-refractivity contribution in [1.29, 1.82) is 0 Å². The largest absolute Gasteiger partial charge is 0.0888 e. The lowest BCUT2D eigenvalue weighted by Gasteiger charge is -2.13. The maximum Gasteiger partial charge on any atom is 0.0218 e. The first kappa shape index (κ1) is 12.7. The predicted molar refractivity (Wildman–Crippen MR) is 76.2 cm³/mol. The van der Waals surface area contributed by atoms with Crippen molar-refractivity contribution in [3.63, 3.8) is 0 Å². The Morgan fingerprint density at radius 3 is 2.00 bits per heavy atom. The molecule has 0 fully saturated rings. The van der Waals surface area contributed by atoms with Crippen LogP contribution in [-0.2, 0) is 0 Å².